The molecule has 0 aromatic carbocycles. The Hall–Kier alpha value is -0.480. The Kier molecular flexibility index (Phi) is 4.51. The molecule has 96 valence electrons. The van der Waals surface area contributed by atoms with Gasteiger partial charge >= 0.3 is 0 Å². The minimum Gasteiger partial charge on any atom is -0.352 e. The molecule has 17 heavy (non-hydrogen) atoms. The summed E-state index contributed by atoms with van der Waals surface area (Å²) < 4.78 is 0. The highest BCUT2D eigenvalue weighted by molar-refractivity contribution is 7.99. The average molecular weight is 254 g/mol. The summed E-state index contributed by atoms with van der Waals surface area (Å²) in [5, 5.41) is 3.82. The van der Waals surface area contributed by atoms with Gasteiger partial charge in [-0.2, -0.15) is 11.8 Å². The Morgan fingerprint density at radius 2 is 2.29 bits per heavy atom. The fourth-order valence-electron chi connectivity index (χ4n) is 2.72. The minimum atomic E-state index is -0.00197. The number of rotatable bonds is 4. The zero-order valence-corrected chi connectivity index (χ0v) is 11.2. The van der Waals surface area contributed by atoms with Crippen LogP contribution in [0.25, 0.3) is 0 Å². The zero-order chi connectivity index (χ0) is 12.3. The molecule has 0 bridgehead atoms. The average Bonchev–Trinajstić information content (AvgIpc) is 2.89. The highest BCUT2D eigenvalue weighted by atomic mass is 32.2. The molecular weight excluding hydrogens is 232 g/mol. The maximum Gasteiger partial charge on any atom is 0.227 e. The van der Waals surface area contributed by atoms with Crippen LogP contribution in [0, 0.1) is 5.92 Å². The van der Waals surface area contributed by atoms with Crippen molar-refractivity contribution < 1.29 is 4.79 Å². The molecule has 0 aliphatic heterocycles. The Balaban J connectivity index is 1.83. The summed E-state index contributed by atoms with van der Waals surface area (Å²) >= 11 is 1.97. The van der Waals surface area contributed by atoms with Crippen LogP contribution in [0.15, 0.2) is 12.2 Å². The van der Waals surface area contributed by atoms with Crippen molar-refractivity contribution in [3.63, 3.8) is 0 Å². The molecular formula is C13H22N2OS. The maximum atomic E-state index is 12.1. The minimum absolute atomic E-state index is 0.00197. The molecule has 1 fully saturated rings. The fraction of sp³-hybridized carbons (Fsp3) is 0.769. The van der Waals surface area contributed by atoms with Crippen LogP contribution in [0.2, 0.25) is 0 Å². The first-order chi connectivity index (χ1) is 8.20. The molecule has 1 amide bonds. The third-order valence-electron chi connectivity index (χ3n) is 3.61. The molecule has 2 aliphatic carbocycles. The van der Waals surface area contributed by atoms with Crippen LogP contribution in [-0.4, -0.2) is 29.0 Å². The standard InChI is InChI=1S/C13H22N2OS/c1-2-17-12-5-3-4-11(12)15-13(16)9-6-7-10(14)8-9/h6-7,9-12H,2-5,8,14H2,1H3,(H,15,16). The van der Waals surface area contributed by atoms with Crippen LogP contribution in [-0.2, 0) is 4.79 Å². The number of nitrogens with two attached hydrogens (primary N) is 1. The van der Waals surface area contributed by atoms with Gasteiger partial charge in [0.1, 0.15) is 0 Å². The molecule has 3 N–H and O–H groups in total. The molecule has 4 heteroatoms. The van der Waals surface area contributed by atoms with E-state index in [0.717, 1.165) is 18.6 Å². The Bertz CT molecular complexity index is 306. The molecule has 1 saturated carbocycles. The summed E-state index contributed by atoms with van der Waals surface area (Å²) in [5.74, 6) is 1.30. The van der Waals surface area contributed by atoms with Crippen molar-refractivity contribution in [2.75, 3.05) is 5.75 Å². The third-order valence-corrected chi connectivity index (χ3v) is 4.94. The maximum absolute atomic E-state index is 12.1. The van der Waals surface area contributed by atoms with Gasteiger partial charge < -0.3 is 11.1 Å². The van der Waals surface area contributed by atoms with Crippen LogP contribution in [0.3, 0.4) is 0 Å². The first-order valence-electron chi connectivity index (χ1n) is 6.56. The highest BCUT2D eigenvalue weighted by Gasteiger charge is 2.31. The van der Waals surface area contributed by atoms with Gasteiger partial charge in [-0.25, -0.2) is 0 Å². The summed E-state index contributed by atoms with van der Waals surface area (Å²) in [6.45, 7) is 2.18. The predicted octanol–water partition coefficient (Wildman–Crippen LogP) is 1.68. The van der Waals surface area contributed by atoms with Crippen molar-refractivity contribution >= 4 is 17.7 Å². The van der Waals surface area contributed by atoms with E-state index in [-0.39, 0.29) is 17.9 Å². The number of hydrogen-bond acceptors (Lipinski definition) is 3. The second-order valence-corrected chi connectivity index (χ2v) is 6.45. The lowest BCUT2D eigenvalue weighted by Gasteiger charge is -2.21. The molecule has 3 nitrogen and oxygen atoms in total. The number of carbonyl (C=O) groups is 1. The molecule has 0 aromatic heterocycles. The van der Waals surface area contributed by atoms with Gasteiger partial charge in [-0.05, 0) is 25.0 Å². The molecule has 0 saturated heterocycles. The van der Waals surface area contributed by atoms with Gasteiger partial charge in [-0.1, -0.05) is 25.5 Å². The lowest BCUT2D eigenvalue weighted by Crippen LogP contribution is -2.41. The largest absolute Gasteiger partial charge is 0.352 e. The molecule has 0 radical (unpaired) electrons. The van der Waals surface area contributed by atoms with Crippen LogP contribution < -0.4 is 11.1 Å². The molecule has 0 heterocycles. The van der Waals surface area contributed by atoms with Crippen molar-refractivity contribution in [1.82, 2.24) is 5.32 Å². The quantitative estimate of drug-likeness (QED) is 0.751. The van der Waals surface area contributed by atoms with Gasteiger partial charge in [0.05, 0.1) is 5.92 Å². The SMILES string of the molecule is CCSC1CCCC1NC(=O)C1C=CC(N)C1. The second-order valence-electron chi connectivity index (χ2n) is 4.93. The summed E-state index contributed by atoms with van der Waals surface area (Å²) in [7, 11) is 0. The Morgan fingerprint density at radius 3 is 2.94 bits per heavy atom. The molecule has 2 aliphatic rings. The van der Waals surface area contributed by atoms with Gasteiger partial charge in [-0.3, -0.25) is 4.79 Å². The van der Waals surface area contributed by atoms with Gasteiger partial charge in [0.25, 0.3) is 0 Å². The normalized spacial score (nSPS) is 36.4. The monoisotopic (exact) mass is 254 g/mol. The van der Waals surface area contributed by atoms with E-state index in [1.807, 2.05) is 23.9 Å². The summed E-state index contributed by atoms with van der Waals surface area (Å²) in [5.41, 5.74) is 5.78. The first kappa shape index (κ1) is 13.0. The van der Waals surface area contributed by atoms with Gasteiger partial charge in [0.15, 0.2) is 0 Å². The van der Waals surface area contributed by atoms with Gasteiger partial charge in [0, 0.05) is 17.3 Å². The van der Waals surface area contributed by atoms with Crippen molar-refractivity contribution in [3.05, 3.63) is 12.2 Å². The lowest BCUT2D eigenvalue weighted by molar-refractivity contribution is -0.124. The van der Waals surface area contributed by atoms with Crippen molar-refractivity contribution in [1.29, 1.82) is 0 Å². The number of hydrogen-bond donors (Lipinski definition) is 2. The predicted molar refractivity (Wildman–Crippen MR) is 72.9 cm³/mol. The number of carbonyl (C=O) groups excluding carboxylic acids is 1. The van der Waals surface area contributed by atoms with E-state index in [9.17, 15) is 4.79 Å². The van der Waals surface area contributed by atoms with Crippen LogP contribution in [0.5, 0.6) is 0 Å². The van der Waals surface area contributed by atoms with Crippen molar-refractivity contribution in [2.45, 2.75) is 49.9 Å². The van der Waals surface area contributed by atoms with E-state index in [2.05, 4.69) is 12.2 Å². The topological polar surface area (TPSA) is 55.1 Å². The summed E-state index contributed by atoms with van der Waals surface area (Å²) in [6.07, 6.45) is 8.27. The molecule has 2 rings (SSSR count). The fourth-order valence-corrected chi connectivity index (χ4v) is 3.91. The number of thioether (sulfide) groups is 1. The van der Waals surface area contributed by atoms with Crippen molar-refractivity contribution in [2.24, 2.45) is 11.7 Å². The van der Waals surface area contributed by atoms with Crippen LogP contribution in [0.1, 0.15) is 32.6 Å². The van der Waals surface area contributed by atoms with Crippen LogP contribution in [0.4, 0.5) is 0 Å². The van der Waals surface area contributed by atoms with E-state index in [1.165, 1.54) is 12.8 Å². The van der Waals surface area contributed by atoms with Gasteiger partial charge in [-0.15, -0.1) is 0 Å². The highest BCUT2D eigenvalue weighted by Crippen LogP contribution is 2.30. The summed E-state index contributed by atoms with van der Waals surface area (Å²) in [4.78, 5) is 12.1. The molecule has 0 aromatic rings. The van der Waals surface area contributed by atoms with Crippen molar-refractivity contribution in [3.8, 4) is 0 Å². The molecule has 4 atom stereocenters. The number of amides is 1. The van der Waals surface area contributed by atoms with E-state index in [0.29, 0.717) is 11.3 Å². The smallest absolute Gasteiger partial charge is 0.227 e. The molecule has 0 spiro atoms. The van der Waals surface area contributed by atoms with Crippen LogP contribution >= 0.6 is 11.8 Å². The van der Waals surface area contributed by atoms with E-state index in [4.69, 9.17) is 5.73 Å². The third kappa shape index (κ3) is 3.26. The summed E-state index contributed by atoms with van der Waals surface area (Å²) in [6, 6.07) is 0.438. The first-order valence-corrected chi connectivity index (χ1v) is 7.61. The van der Waals surface area contributed by atoms with E-state index < -0.39 is 0 Å². The molecule has 4 unspecified atom stereocenters. The van der Waals surface area contributed by atoms with E-state index in [1.54, 1.807) is 0 Å². The Morgan fingerprint density at radius 1 is 1.47 bits per heavy atom. The number of nitrogens with one attached hydrogen (secondary N) is 1. The zero-order valence-electron chi connectivity index (χ0n) is 10.4. The Labute approximate surface area is 108 Å². The second kappa shape index (κ2) is 5.91. The van der Waals surface area contributed by atoms with Gasteiger partial charge in [0.2, 0.25) is 5.91 Å². The van der Waals surface area contributed by atoms with E-state index >= 15 is 0 Å². The lowest BCUT2D eigenvalue weighted by atomic mass is 10.1.